The molecule has 4 nitrogen and oxygen atoms in total. The SMILES string of the molecule is O=C(OCc1cc(-c2ccccc2)on1)c1ccccc1I. The van der Waals surface area contributed by atoms with Crippen LogP contribution in [0.3, 0.4) is 0 Å². The summed E-state index contributed by atoms with van der Waals surface area (Å²) in [5.41, 5.74) is 2.07. The first-order valence-corrected chi connectivity index (χ1v) is 7.74. The molecule has 0 atom stereocenters. The van der Waals surface area contributed by atoms with Crippen molar-refractivity contribution in [3.8, 4) is 11.3 Å². The van der Waals surface area contributed by atoms with E-state index < -0.39 is 0 Å². The van der Waals surface area contributed by atoms with E-state index in [4.69, 9.17) is 9.26 Å². The minimum absolute atomic E-state index is 0.0835. The summed E-state index contributed by atoms with van der Waals surface area (Å²) in [6.45, 7) is 0.0835. The van der Waals surface area contributed by atoms with E-state index in [9.17, 15) is 4.79 Å². The van der Waals surface area contributed by atoms with Gasteiger partial charge in [0.1, 0.15) is 12.3 Å². The van der Waals surface area contributed by atoms with Crippen LogP contribution >= 0.6 is 22.6 Å². The van der Waals surface area contributed by atoms with Crippen LogP contribution in [0.1, 0.15) is 16.1 Å². The summed E-state index contributed by atoms with van der Waals surface area (Å²) in [6.07, 6.45) is 0. The molecule has 0 spiro atoms. The standard InChI is InChI=1S/C17H12INO3/c18-15-9-5-4-8-14(15)17(20)21-11-13-10-16(22-19-13)12-6-2-1-3-7-12/h1-10H,11H2. The molecule has 0 aliphatic carbocycles. The molecule has 0 unspecified atom stereocenters. The zero-order chi connectivity index (χ0) is 15.4. The molecule has 0 saturated heterocycles. The van der Waals surface area contributed by atoms with Crippen LogP contribution in [0.25, 0.3) is 11.3 Å². The van der Waals surface area contributed by atoms with E-state index in [0.717, 1.165) is 9.13 Å². The van der Waals surface area contributed by atoms with Gasteiger partial charge in [0, 0.05) is 15.2 Å². The van der Waals surface area contributed by atoms with Crippen LogP contribution in [0.4, 0.5) is 0 Å². The van der Waals surface area contributed by atoms with Crippen molar-refractivity contribution in [1.29, 1.82) is 0 Å². The van der Waals surface area contributed by atoms with Crippen molar-refractivity contribution in [1.82, 2.24) is 5.16 Å². The Morgan fingerprint density at radius 1 is 1.09 bits per heavy atom. The van der Waals surface area contributed by atoms with E-state index in [1.165, 1.54) is 0 Å². The zero-order valence-electron chi connectivity index (χ0n) is 11.5. The van der Waals surface area contributed by atoms with Crippen molar-refractivity contribution in [3.05, 3.63) is 75.5 Å². The van der Waals surface area contributed by atoms with Gasteiger partial charge in [0.2, 0.25) is 0 Å². The van der Waals surface area contributed by atoms with Crippen LogP contribution in [0.15, 0.2) is 65.2 Å². The summed E-state index contributed by atoms with van der Waals surface area (Å²) in [7, 11) is 0. The second-order valence-electron chi connectivity index (χ2n) is 4.60. The summed E-state index contributed by atoms with van der Waals surface area (Å²) >= 11 is 2.11. The molecule has 3 rings (SSSR count). The van der Waals surface area contributed by atoms with E-state index in [2.05, 4.69) is 27.7 Å². The Bertz CT molecular complexity index is 783. The molecule has 5 heteroatoms. The maximum Gasteiger partial charge on any atom is 0.339 e. The molecule has 0 aliphatic rings. The zero-order valence-corrected chi connectivity index (χ0v) is 13.7. The lowest BCUT2D eigenvalue weighted by atomic mass is 10.2. The fourth-order valence-corrected chi connectivity index (χ4v) is 2.57. The number of carbonyl (C=O) groups excluding carboxylic acids is 1. The Morgan fingerprint density at radius 3 is 2.59 bits per heavy atom. The fourth-order valence-electron chi connectivity index (χ4n) is 1.96. The smallest absolute Gasteiger partial charge is 0.339 e. The first-order chi connectivity index (χ1) is 10.7. The molecule has 1 aromatic heterocycles. The Hall–Kier alpha value is -2.15. The van der Waals surface area contributed by atoms with Crippen molar-refractivity contribution >= 4 is 28.6 Å². The van der Waals surface area contributed by atoms with Crippen molar-refractivity contribution in [2.45, 2.75) is 6.61 Å². The third kappa shape index (κ3) is 3.36. The molecular weight excluding hydrogens is 393 g/mol. The summed E-state index contributed by atoms with van der Waals surface area (Å²) in [5.74, 6) is 0.287. The van der Waals surface area contributed by atoms with Gasteiger partial charge < -0.3 is 9.26 Å². The second-order valence-corrected chi connectivity index (χ2v) is 5.77. The van der Waals surface area contributed by atoms with Gasteiger partial charge in [-0.2, -0.15) is 0 Å². The fraction of sp³-hybridized carbons (Fsp3) is 0.0588. The van der Waals surface area contributed by atoms with Crippen LogP contribution in [0, 0.1) is 3.57 Å². The van der Waals surface area contributed by atoms with E-state index in [1.54, 1.807) is 12.1 Å². The van der Waals surface area contributed by atoms with Gasteiger partial charge in [0.05, 0.1) is 5.56 Å². The van der Waals surface area contributed by atoms with Gasteiger partial charge in [0.15, 0.2) is 5.76 Å². The lowest BCUT2D eigenvalue weighted by Crippen LogP contribution is -2.07. The second kappa shape index (κ2) is 6.74. The third-order valence-corrected chi connectivity index (χ3v) is 4.00. The molecule has 2 aromatic carbocycles. The monoisotopic (exact) mass is 405 g/mol. The van der Waals surface area contributed by atoms with E-state index in [-0.39, 0.29) is 12.6 Å². The highest BCUT2D eigenvalue weighted by Gasteiger charge is 2.13. The minimum atomic E-state index is -0.366. The lowest BCUT2D eigenvalue weighted by Gasteiger charge is -2.03. The van der Waals surface area contributed by atoms with E-state index in [1.807, 2.05) is 48.5 Å². The molecule has 0 fully saturated rings. The number of nitrogens with zero attached hydrogens (tertiary/aromatic N) is 1. The van der Waals surface area contributed by atoms with Crippen molar-refractivity contribution in [3.63, 3.8) is 0 Å². The number of halogens is 1. The number of ether oxygens (including phenoxy) is 1. The first-order valence-electron chi connectivity index (χ1n) is 6.67. The molecule has 0 aliphatic heterocycles. The summed E-state index contributed by atoms with van der Waals surface area (Å²) in [4.78, 5) is 12.0. The predicted octanol–water partition coefficient (Wildman–Crippen LogP) is 4.30. The Morgan fingerprint density at radius 2 is 1.82 bits per heavy atom. The Kier molecular flexibility index (Phi) is 4.53. The average molecular weight is 405 g/mol. The minimum Gasteiger partial charge on any atom is -0.455 e. The highest BCUT2D eigenvalue weighted by molar-refractivity contribution is 14.1. The van der Waals surface area contributed by atoms with Gasteiger partial charge in [-0.25, -0.2) is 4.79 Å². The summed E-state index contributed by atoms with van der Waals surface area (Å²) in [5, 5.41) is 3.93. The number of hydrogen-bond acceptors (Lipinski definition) is 4. The van der Waals surface area contributed by atoms with Gasteiger partial charge in [-0.3, -0.25) is 0 Å². The van der Waals surface area contributed by atoms with E-state index >= 15 is 0 Å². The molecule has 22 heavy (non-hydrogen) atoms. The molecule has 0 N–H and O–H groups in total. The Labute approximate surface area is 141 Å². The highest BCUT2D eigenvalue weighted by atomic mass is 127. The lowest BCUT2D eigenvalue weighted by molar-refractivity contribution is 0.0463. The average Bonchev–Trinajstić information content (AvgIpc) is 3.03. The predicted molar refractivity (Wildman–Crippen MR) is 90.2 cm³/mol. The van der Waals surface area contributed by atoms with Gasteiger partial charge in [-0.05, 0) is 34.7 Å². The van der Waals surface area contributed by atoms with Gasteiger partial charge in [-0.15, -0.1) is 0 Å². The van der Waals surface area contributed by atoms with Crippen molar-refractivity contribution in [2.75, 3.05) is 0 Å². The van der Waals surface area contributed by atoms with Gasteiger partial charge in [0.25, 0.3) is 0 Å². The van der Waals surface area contributed by atoms with Crippen LogP contribution in [0.5, 0.6) is 0 Å². The number of aromatic nitrogens is 1. The molecule has 1 heterocycles. The highest BCUT2D eigenvalue weighted by Crippen LogP contribution is 2.20. The summed E-state index contributed by atoms with van der Waals surface area (Å²) < 4.78 is 11.4. The van der Waals surface area contributed by atoms with Crippen molar-refractivity contribution < 1.29 is 14.1 Å². The topological polar surface area (TPSA) is 52.3 Å². The number of benzene rings is 2. The molecule has 0 amide bonds. The largest absolute Gasteiger partial charge is 0.455 e. The maximum absolute atomic E-state index is 12.0. The molecule has 0 saturated carbocycles. The van der Waals surface area contributed by atoms with Gasteiger partial charge >= 0.3 is 5.97 Å². The third-order valence-electron chi connectivity index (χ3n) is 3.06. The number of carbonyl (C=O) groups is 1. The molecule has 110 valence electrons. The number of esters is 1. The number of hydrogen-bond donors (Lipinski definition) is 0. The molecule has 0 radical (unpaired) electrons. The number of rotatable bonds is 4. The summed E-state index contributed by atoms with van der Waals surface area (Å²) in [6, 6.07) is 18.7. The molecule has 3 aromatic rings. The molecular formula is C17H12INO3. The van der Waals surface area contributed by atoms with Crippen molar-refractivity contribution in [2.24, 2.45) is 0 Å². The normalized spacial score (nSPS) is 10.4. The first kappa shape index (κ1) is 14.8. The molecule has 0 bridgehead atoms. The van der Waals surface area contributed by atoms with E-state index in [0.29, 0.717) is 17.0 Å². The van der Waals surface area contributed by atoms with Crippen LogP contribution < -0.4 is 0 Å². The van der Waals surface area contributed by atoms with Gasteiger partial charge in [-0.1, -0.05) is 47.6 Å². The van der Waals surface area contributed by atoms with Crippen LogP contribution in [0.2, 0.25) is 0 Å². The van der Waals surface area contributed by atoms with Crippen LogP contribution in [-0.2, 0) is 11.3 Å². The maximum atomic E-state index is 12.0. The quantitative estimate of drug-likeness (QED) is 0.480. The van der Waals surface area contributed by atoms with Crippen LogP contribution in [-0.4, -0.2) is 11.1 Å². The Balaban J connectivity index is 1.67.